The molecule has 1 unspecified atom stereocenters. The first-order valence-corrected chi connectivity index (χ1v) is 7.99. The van der Waals surface area contributed by atoms with Crippen LogP contribution in [0.4, 0.5) is 0 Å². The Balaban J connectivity index is 2.12. The number of ether oxygens (including phenoxy) is 1. The van der Waals surface area contributed by atoms with Gasteiger partial charge in [-0.05, 0) is 42.7 Å². The summed E-state index contributed by atoms with van der Waals surface area (Å²) in [5, 5.41) is 5.82. The van der Waals surface area contributed by atoms with Gasteiger partial charge in [-0.1, -0.05) is 26.7 Å². The highest BCUT2D eigenvalue weighted by Crippen LogP contribution is 2.41. The molecule has 1 heterocycles. The summed E-state index contributed by atoms with van der Waals surface area (Å²) in [5.74, 6) is 2.74. The lowest BCUT2D eigenvalue weighted by Gasteiger charge is -2.33. The molecule has 1 N–H and O–H groups in total. The Morgan fingerprint density at radius 3 is 2.72 bits per heavy atom. The SMILES string of the molecule is CCNC(c1sccc1OC)C1CCC(C)CC1. The average molecular weight is 267 g/mol. The molecule has 2 rings (SSSR count). The van der Waals surface area contributed by atoms with Crippen molar-refractivity contribution in [1.29, 1.82) is 0 Å². The van der Waals surface area contributed by atoms with Gasteiger partial charge in [-0.15, -0.1) is 11.3 Å². The molecule has 1 atom stereocenters. The lowest BCUT2D eigenvalue weighted by atomic mass is 9.78. The Hall–Kier alpha value is -0.540. The van der Waals surface area contributed by atoms with Crippen LogP contribution in [0.3, 0.4) is 0 Å². The lowest BCUT2D eigenvalue weighted by molar-refractivity contribution is 0.232. The van der Waals surface area contributed by atoms with Crippen molar-refractivity contribution in [3.8, 4) is 5.75 Å². The maximum atomic E-state index is 5.49. The molecule has 1 aliphatic carbocycles. The average Bonchev–Trinajstić information content (AvgIpc) is 2.85. The van der Waals surface area contributed by atoms with E-state index in [0.717, 1.165) is 24.1 Å². The van der Waals surface area contributed by atoms with Crippen LogP contribution in [-0.2, 0) is 0 Å². The number of methoxy groups -OCH3 is 1. The highest BCUT2D eigenvalue weighted by Gasteiger charge is 2.29. The summed E-state index contributed by atoms with van der Waals surface area (Å²) in [4.78, 5) is 1.39. The summed E-state index contributed by atoms with van der Waals surface area (Å²) in [7, 11) is 1.78. The van der Waals surface area contributed by atoms with Crippen molar-refractivity contribution in [1.82, 2.24) is 5.32 Å². The monoisotopic (exact) mass is 267 g/mol. The first kappa shape index (κ1) is 13.9. The zero-order valence-electron chi connectivity index (χ0n) is 11.7. The van der Waals surface area contributed by atoms with Crippen molar-refractivity contribution in [3.63, 3.8) is 0 Å². The number of nitrogens with one attached hydrogen (secondary N) is 1. The molecule has 0 saturated heterocycles. The van der Waals surface area contributed by atoms with Gasteiger partial charge < -0.3 is 10.1 Å². The van der Waals surface area contributed by atoms with Gasteiger partial charge in [0.05, 0.1) is 12.0 Å². The fraction of sp³-hybridized carbons (Fsp3) is 0.733. The van der Waals surface area contributed by atoms with E-state index < -0.39 is 0 Å². The third-order valence-electron chi connectivity index (χ3n) is 4.12. The van der Waals surface area contributed by atoms with E-state index in [4.69, 9.17) is 4.74 Å². The molecule has 1 saturated carbocycles. The first-order chi connectivity index (χ1) is 8.76. The zero-order valence-corrected chi connectivity index (χ0v) is 12.6. The van der Waals surface area contributed by atoms with Crippen LogP contribution in [-0.4, -0.2) is 13.7 Å². The molecule has 1 aromatic rings. The summed E-state index contributed by atoms with van der Waals surface area (Å²) in [6, 6.07) is 2.58. The van der Waals surface area contributed by atoms with Crippen molar-refractivity contribution in [2.45, 2.75) is 45.6 Å². The number of thiophene rings is 1. The van der Waals surface area contributed by atoms with E-state index in [1.54, 1.807) is 7.11 Å². The van der Waals surface area contributed by atoms with Crippen molar-refractivity contribution < 1.29 is 4.74 Å². The largest absolute Gasteiger partial charge is 0.496 e. The van der Waals surface area contributed by atoms with Crippen molar-refractivity contribution in [2.24, 2.45) is 11.8 Å². The van der Waals surface area contributed by atoms with E-state index in [2.05, 4.69) is 30.6 Å². The van der Waals surface area contributed by atoms with Gasteiger partial charge in [0.15, 0.2) is 0 Å². The summed E-state index contributed by atoms with van der Waals surface area (Å²) in [6.45, 7) is 5.60. The van der Waals surface area contributed by atoms with Gasteiger partial charge >= 0.3 is 0 Å². The Morgan fingerprint density at radius 1 is 1.39 bits per heavy atom. The van der Waals surface area contributed by atoms with Crippen LogP contribution in [0.1, 0.15) is 50.4 Å². The number of hydrogen-bond acceptors (Lipinski definition) is 3. The topological polar surface area (TPSA) is 21.3 Å². The van der Waals surface area contributed by atoms with E-state index >= 15 is 0 Å². The molecule has 2 nitrogen and oxygen atoms in total. The van der Waals surface area contributed by atoms with E-state index in [-0.39, 0.29) is 0 Å². The molecule has 0 aliphatic heterocycles. The van der Waals surface area contributed by atoms with E-state index in [0.29, 0.717) is 6.04 Å². The standard InChI is InChI=1S/C15H25NOS/c1-4-16-14(12-7-5-11(2)6-8-12)15-13(17-3)9-10-18-15/h9-12,14,16H,4-8H2,1-3H3. The van der Waals surface area contributed by atoms with Crippen molar-refractivity contribution >= 4 is 11.3 Å². The van der Waals surface area contributed by atoms with Crippen LogP contribution in [0.25, 0.3) is 0 Å². The van der Waals surface area contributed by atoms with Crippen molar-refractivity contribution in [3.05, 3.63) is 16.3 Å². The van der Waals surface area contributed by atoms with E-state index in [1.165, 1.54) is 30.6 Å². The molecule has 102 valence electrons. The third-order valence-corrected chi connectivity index (χ3v) is 5.10. The summed E-state index contributed by atoms with van der Waals surface area (Å²) in [6.07, 6.45) is 5.44. The van der Waals surface area contributed by atoms with Crippen LogP contribution in [0, 0.1) is 11.8 Å². The molecule has 0 bridgehead atoms. The molecule has 1 aromatic heterocycles. The second-order valence-corrected chi connectivity index (χ2v) is 6.36. The Labute approximate surface area is 115 Å². The second kappa shape index (κ2) is 6.58. The zero-order chi connectivity index (χ0) is 13.0. The fourth-order valence-corrected chi connectivity index (χ4v) is 4.05. The Bertz CT molecular complexity index is 355. The minimum absolute atomic E-state index is 0.484. The second-order valence-electron chi connectivity index (χ2n) is 5.41. The lowest BCUT2D eigenvalue weighted by Crippen LogP contribution is -2.30. The molecular formula is C15H25NOS. The predicted molar refractivity (Wildman–Crippen MR) is 78.4 cm³/mol. The summed E-state index contributed by atoms with van der Waals surface area (Å²) in [5.41, 5.74) is 0. The maximum Gasteiger partial charge on any atom is 0.134 e. The van der Waals surface area contributed by atoms with Gasteiger partial charge in [0.2, 0.25) is 0 Å². The van der Waals surface area contributed by atoms with E-state index in [1.807, 2.05) is 11.3 Å². The highest BCUT2D eigenvalue weighted by molar-refractivity contribution is 7.10. The van der Waals surface area contributed by atoms with Crippen LogP contribution in [0.15, 0.2) is 11.4 Å². The van der Waals surface area contributed by atoms with Crippen LogP contribution >= 0.6 is 11.3 Å². The normalized spacial score (nSPS) is 25.9. The van der Waals surface area contributed by atoms with Crippen LogP contribution < -0.4 is 10.1 Å². The quantitative estimate of drug-likeness (QED) is 0.862. The van der Waals surface area contributed by atoms with Gasteiger partial charge in [-0.3, -0.25) is 0 Å². The van der Waals surface area contributed by atoms with Gasteiger partial charge in [-0.2, -0.15) is 0 Å². The molecule has 0 aromatic carbocycles. The molecular weight excluding hydrogens is 242 g/mol. The van der Waals surface area contributed by atoms with Gasteiger partial charge in [0.1, 0.15) is 5.75 Å². The molecule has 18 heavy (non-hydrogen) atoms. The van der Waals surface area contributed by atoms with Gasteiger partial charge in [0.25, 0.3) is 0 Å². The van der Waals surface area contributed by atoms with Crippen LogP contribution in [0.2, 0.25) is 0 Å². The van der Waals surface area contributed by atoms with Gasteiger partial charge in [-0.25, -0.2) is 0 Å². The molecule has 0 amide bonds. The molecule has 0 spiro atoms. The smallest absolute Gasteiger partial charge is 0.134 e. The van der Waals surface area contributed by atoms with Gasteiger partial charge in [0, 0.05) is 6.04 Å². The predicted octanol–water partition coefficient (Wildman–Crippen LogP) is 4.23. The Kier molecular flexibility index (Phi) is 5.07. The molecule has 1 aliphatic rings. The molecule has 1 fully saturated rings. The number of hydrogen-bond donors (Lipinski definition) is 1. The number of rotatable bonds is 5. The fourth-order valence-electron chi connectivity index (χ4n) is 3.02. The Morgan fingerprint density at radius 2 is 2.11 bits per heavy atom. The third kappa shape index (κ3) is 3.07. The van der Waals surface area contributed by atoms with Crippen LogP contribution in [0.5, 0.6) is 5.75 Å². The molecule has 0 radical (unpaired) electrons. The minimum Gasteiger partial charge on any atom is -0.496 e. The summed E-state index contributed by atoms with van der Waals surface area (Å²) >= 11 is 1.83. The molecule has 3 heteroatoms. The van der Waals surface area contributed by atoms with Crippen molar-refractivity contribution in [2.75, 3.05) is 13.7 Å². The summed E-state index contributed by atoms with van der Waals surface area (Å²) < 4.78 is 5.49. The first-order valence-electron chi connectivity index (χ1n) is 7.11. The minimum atomic E-state index is 0.484. The van der Waals surface area contributed by atoms with E-state index in [9.17, 15) is 0 Å². The highest BCUT2D eigenvalue weighted by atomic mass is 32.1. The maximum absolute atomic E-state index is 5.49.